The molecule has 29 heavy (non-hydrogen) atoms. The number of thioether (sulfide) groups is 1. The standard InChI is InChI=1S/C19H17BrClN5O2S/c1-10-23-24-19-26(10)25-16(11-3-6-13(28-2)7-4-11)17(29-19)18(27)22-15-8-5-12(20)9-14(15)21/h3-9,16-17,25H,1-2H3,(H,22,27)/t16-,17+/m1/s1. The Hall–Kier alpha value is -2.23. The van der Waals surface area contributed by atoms with Gasteiger partial charge in [0.05, 0.1) is 23.9 Å². The Bertz CT molecular complexity index is 1060. The van der Waals surface area contributed by atoms with Crippen molar-refractivity contribution in [3.05, 3.63) is 63.3 Å². The number of anilines is 1. The van der Waals surface area contributed by atoms with Crippen LogP contribution in [0.25, 0.3) is 0 Å². The van der Waals surface area contributed by atoms with Gasteiger partial charge in [0.2, 0.25) is 11.1 Å². The van der Waals surface area contributed by atoms with E-state index in [1.165, 1.54) is 11.8 Å². The number of amides is 1. The average molecular weight is 495 g/mol. The monoisotopic (exact) mass is 493 g/mol. The van der Waals surface area contributed by atoms with E-state index in [0.717, 1.165) is 21.6 Å². The molecule has 2 atom stereocenters. The minimum atomic E-state index is -0.487. The van der Waals surface area contributed by atoms with Gasteiger partial charge in [0, 0.05) is 4.47 Å². The van der Waals surface area contributed by atoms with Crippen molar-refractivity contribution in [2.75, 3.05) is 17.9 Å². The second kappa shape index (κ2) is 8.25. The van der Waals surface area contributed by atoms with Gasteiger partial charge in [-0.2, -0.15) is 0 Å². The molecule has 0 unspecified atom stereocenters. The molecular formula is C19H17BrClN5O2S. The topological polar surface area (TPSA) is 81.1 Å². The molecule has 0 aliphatic carbocycles. The van der Waals surface area contributed by atoms with Crippen LogP contribution in [0.2, 0.25) is 5.02 Å². The van der Waals surface area contributed by atoms with Crippen LogP contribution >= 0.6 is 39.3 Å². The highest BCUT2D eigenvalue weighted by molar-refractivity contribution is 9.10. The largest absolute Gasteiger partial charge is 0.497 e. The van der Waals surface area contributed by atoms with Crippen LogP contribution in [0.4, 0.5) is 5.69 Å². The molecule has 2 N–H and O–H groups in total. The first-order valence-corrected chi connectivity index (χ1v) is 10.8. The maximum absolute atomic E-state index is 13.2. The first-order chi connectivity index (χ1) is 14.0. The first kappa shape index (κ1) is 20.1. The number of hydrogen-bond acceptors (Lipinski definition) is 6. The molecule has 1 aromatic heterocycles. The molecular weight excluding hydrogens is 478 g/mol. The summed E-state index contributed by atoms with van der Waals surface area (Å²) in [5.41, 5.74) is 4.86. The Morgan fingerprint density at radius 3 is 2.72 bits per heavy atom. The fraction of sp³-hybridized carbons (Fsp3) is 0.211. The second-order valence-corrected chi connectivity index (χ2v) is 8.83. The molecule has 1 aliphatic heterocycles. The Morgan fingerprint density at radius 1 is 1.28 bits per heavy atom. The smallest absolute Gasteiger partial charge is 0.240 e. The van der Waals surface area contributed by atoms with Gasteiger partial charge in [-0.1, -0.05) is 51.4 Å². The number of halogens is 2. The number of ether oxygens (including phenoxy) is 1. The van der Waals surface area contributed by atoms with E-state index in [2.05, 4.69) is 36.9 Å². The van der Waals surface area contributed by atoms with Crippen LogP contribution in [0, 0.1) is 6.92 Å². The lowest BCUT2D eigenvalue weighted by molar-refractivity contribution is -0.116. The van der Waals surface area contributed by atoms with Crippen molar-refractivity contribution in [3.63, 3.8) is 0 Å². The third-order valence-electron chi connectivity index (χ3n) is 4.52. The molecule has 7 nitrogen and oxygen atoms in total. The zero-order valence-corrected chi connectivity index (χ0v) is 18.7. The molecule has 1 aliphatic rings. The zero-order valence-electron chi connectivity index (χ0n) is 15.5. The minimum absolute atomic E-state index is 0.181. The summed E-state index contributed by atoms with van der Waals surface area (Å²) in [5.74, 6) is 1.29. The molecule has 3 aromatic rings. The summed E-state index contributed by atoms with van der Waals surface area (Å²) >= 11 is 11.0. The SMILES string of the molecule is COc1ccc([C@H]2Nn3c(C)nnc3S[C@@H]2C(=O)Nc2ccc(Br)cc2Cl)cc1. The number of fused-ring (bicyclic) bond motifs is 1. The molecule has 0 bridgehead atoms. The molecule has 2 aromatic carbocycles. The van der Waals surface area contributed by atoms with Gasteiger partial charge in [-0.15, -0.1) is 10.2 Å². The Morgan fingerprint density at radius 2 is 2.03 bits per heavy atom. The average Bonchev–Trinajstić information content (AvgIpc) is 3.09. The fourth-order valence-electron chi connectivity index (χ4n) is 3.02. The van der Waals surface area contributed by atoms with Crippen molar-refractivity contribution >= 4 is 50.9 Å². The van der Waals surface area contributed by atoms with Crippen molar-refractivity contribution in [2.45, 2.75) is 23.4 Å². The molecule has 2 heterocycles. The number of nitrogens with one attached hydrogen (secondary N) is 2. The van der Waals surface area contributed by atoms with E-state index < -0.39 is 5.25 Å². The van der Waals surface area contributed by atoms with E-state index in [1.807, 2.05) is 37.3 Å². The molecule has 0 saturated heterocycles. The summed E-state index contributed by atoms with van der Waals surface area (Å²) in [6, 6.07) is 12.7. The Balaban J connectivity index is 1.66. The number of rotatable bonds is 4. The van der Waals surface area contributed by atoms with E-state index in [9.17, 15) is 4.79 Å². The van der Waals surface area contributed by atoms with Gasteiger partial charge >= 0.3 is 0 Å². The summed E-state index contributed by atoms with van der Waals surface area (Å²) in [5, 5.41) is 11.8. The van der Waals surface area contributed by atoms with Gasteiger partial charge in [0.15, 0.2) is 0 Å². The normalized spacial score (nSPS) is 17.9. The third-order valence-corrected chi connectivity index (χ3v) is 6.54. The van der Waals surface area contributed by atoms with Crippen molar-refractivity contribution in [1.29, 1.82) is 0 Å². The zero-order chi connectivity index (χ0) is 20.5. The van der Waals surface area contributed by atoms with E-state index in [1.54, 1.807) is 23.9 Å². The predicted octanol–water partition coefficient (Wildman–Crippen LogP) is 4.41. The molecule has 10 heteroatoms. The minimum Gasteiger partial charge on any atom is -0.497 e. The highest BCUT2D eigenvalue weighted by Gasteiger charge is 2.37. The van der Waals surface area contributed by atoms with Crippen molar-refractivity contribution in [3.8, 4) is 5.75 Å². The van der Waals surface area contributed by atoms with E-state index in [-0.39, 0.29) is 11.9 Å². The molecule has 1 amide bonds. The van der Waals surface area contributed by atoms with E-state index in [0.29, 0.717) is 15.9 Å². The van der Waals surface area contributed by atoms with Crippen molar-refractivity contribution in [2.24, 2.45) is 0 Å². The number of carbonyl (C=O) groups excluding carboxylic acids is 1. The number of hydrogen-bond donors (Lipinski definition) is 2. The van der Waals surface area contributed by atoms with Crippen LogP contribution < -0.4 is 15.5 Å². The molecule has 0 saturated carbocycles. The van der Waals surface area contributed by atoms with Crippen LogP contribution in [0.15, 0.2) is 52.1 Å². The maximum Gasteiger partial charge on any atom is 0.240 e. The van der Waals surface area contributed by atoms with Crippen LogP contribution in [0.1, 0.15) is 17.4 Å². The molecule has 4 rings (SSSR count). The highest BCUT2D eigenvalue weighted by Crippen LogP contribution is 2.38. The Kier molecular flexibility index (Phi) is 5.71. The lowest BCUT2D eigenvalue weighted by Crippen LogP contribution is -2.41. The summed E-state index contributed by atoms with van der Waals surface area (Å²) in [6.07, 6.45) is 0. The Labute approximate surface area is 185 Å². The number of aryl methyl sites for hydroxylation is 1. The number of nitrogens with zero attached hydrogens (tertiary/aromatic N) is 3. The summed E-state index contributed by atoms with van der Waals surface area (Å²) in [4.78, 5) is 13.2. The second-order valence-electron chi connectivity index (χ2n) is 6.40. The third kappa shape index (κ3) is 4.08. The van der Waals surface area contributed by atoms with Crippen molar-refractivity contribution in [1.82, 2.24) is 14.9 Å². The predicted molar refractivity (Wildman–Crippen MR) is 117 cm³/mol. The van der Waals surface area contributed by atoms with Gasteiger partial charge in [-0.05, 0) is 42.8 Å². The van der Waals surface area contributed by atoms with E-state index >= 15 is 0 Å². The highest BCUT2D eigenvalue weighted by atomic mass is 79.9. The van der Waals surface area contributed by atoms with E-state index in [4.69, 9.17) is 16.3 Å². The van der Waals surface area contributed by atoms with Crippen molar-refractivity contribution < 1.29 is 9.53 Å². The van der Waals surface area contributed by atoms with Crippen LogP contribution in [0.5, 0.6) is 5.75 Å². The molecule has 0 radical (unpaired) electrons. The summed E-state index contributed by atoms with van der Waals surface area (Å²) in [6.45, 7) is 1.86. The maximum atomic E-state index is 13.2. The van der Waals surface area contributed by atoms with Crippen LogP contribution in [-0.4, -0.2) is 33.1 Å². The number of methoxy groups -OCH3 is 1. The first-order valence-electron chi connectivity index (χ1n) is 8.71. The number of carbonyl (C=O) groups is 1. The number of benzene rings is 2. The van der Waals surface area contributed by atoms with Gasteiger partial charge in [0.1, 0.15) is 16.8 Å². The lowest BCUT2D eigenvalue weighted by Gasteiger charge is -2.32. The van der Waals surface area contributed by atoms with Gasteiger partial charge < -0.3 is 15.5 Å². The van der Waals surface area contributed by atoms with Gasteiger partial charge in [0.25, 0.3) is 0 Å². The quantitative estimate of drug-likeness (QED) is 0.559. The van der Waals surface area contributed by atoms with Crippen LogP contribution in [0.3, 0.4) is 0 Å². The molecule has 0 fully saturated rings. The fourth-order valence-corrected chi connectivity index (χ4v) is 4.86. The number of aromatic nitrogens is 3. The molecule has 0 spiro atoms. The van der Waals surface area contributed by atoms with Gasteiger partial charge in [-0.25, -0.2) is 4.68 Å². The summed E-state index contributed by atoms with van der Waals surface area (Å²) in [7, 11) is 1.62. The van der Waals surface area contributed by atoms with Gasteiger partial charge in [-0.3, -0.25) is 4.79 Å². The van der Waals surface area contributed by atoms with Crippen LogP contribution in [-0.2, 0) is 4.79 Å². The lowest BCUT2D eigenvalue weighted by atomic mass is 10.0. The molecule has 150 valence electrons. The summed E-state index contributed by atoms with van der Waals surface area (Å²) < 4.78 is 7.89.